The van der Waals surface area contributed by atoms with Crippen LogP contribution in [-0.4, -0.2) is 50.0 Å². The maximum atomic E-state index is 14.4. The second kappa shape index (κ2) is 14.2. The summed E-state index contributed by atoms with van der Waals surface area (Å²) in [5.41, 5.74) is 3.61. The SMILES string of the molecule is CC[C@H](C)NC(=O)[C@@H](Cc1ccccc1)N(Cc1ccc(Cl)cc1)C(=O)CN(c1ccc(C23CC4CC(CC(C4)C2)C3)cc1)S(C)(=O)=O. The van der Waals surface area contributed by atoms with Gasteiger partial charge in [-0.05, 0) is 116 Å². The summed E-state index contributed by atoms with van der Waals surface area (Å²) in [6.07, 6.45) is 9.86. The van der Waals surface area contributed by atoms with Gasteiger partial charge in [0.25, 0.3) is 0 Å². The normalized spacial score (nSPS) is 24.1. The zero-order valence-electron chi connectivity index (χ0n) is 28.3. The number of rotatable bonds is 13. The Kier molecular flexibility index (Phi) is 10.2. The number of carbonyl (C=O) groups excluding carboxylic acids is 2. The molecule has 0 unspecified atom stereocenters. The Balaban J connectivity index is 1.30. The van der Waals surface area contributed by atoms with Crippen molar-refractivity contribution in [2.45, 2.75) is 89.3 Å². The number of halogens is 1. The van der Waals surface area contributed by atoms with Gasteiger partial charge < -0.3 is 10.2 Å². The van der Waals surface area contributed by atoms with Crippen molar-refractivity contribution in [2.24, 2.45) is 17.8 Å². The molecule has 3 aromatic carbocycles. The third kappa shape index (κ3) is 7.76. The third-order valence-electron chi connectivity index (χ3n) is 11.0. The highest BCUT2D eigenvalue weighted by Gasteiger charge is 2.51. The Morgan fingerprint density at radius 1 is 0.875 bits per heavy atom. The number of anilines is 1. The van der Waals surface area contributed by atoms with E-state index in [1.54, 1.807) is 12.1 Å². The molecule has 1 N–H and O–H groups in total. The first-order chi connectivity index (χ1) is 22.9. The highest BCUT2D eigenvalue weighted by Crippen LogP contribution is 2.60. The van der Waals surface area contributed by atoms with Crippen LogP contribution in [0, 0.1) is 17.8 Å². The van der Waals surface area contributed by atoms with Gasteiger partial charge in [0.05, 0.1) is 11.9 Å². The lowest BCUT2D eigenvalue weighted by Crippen LogP contribution is -2.54. The van der Waals surface area contributed by atoms with Crippen molar-refractivity contribution in [3.63, 3.8) is 0 Å². The van der Waals surface area contributed by atoms with Gasteiger partial charge in [0.1, 0.15) is 12.6 Å². The van der Waals surface area contributed by atoms with Gasteiger partial charge in [0.2, 0.25) is 21.8 Å². The number of benzene rings is 3. The van der Waals surface area contributed by atoms with Crippen LogP contribution < -0.4 is 9.62 Å². The molecule has 7 rings (SSSR count). The molecule has 4 aliphatic rings. The van der Waals surface area contributed by atoms with E-state index in [2.05, 4.69) is 17.4 Å². The molecule has 7 nitrogen and oxygen atoms in total. The molecule has 0 spiro atoms. The standard InChI is InChI=1S/C39H48ClN3O4S/c1-4-27(2)41-38(45)36(21-28-8-6-5-7-9-28)42(25-29-10-14-34(40)15-11-29)37(44)26-43(48(3,46)47)35-16-12-33(13-17-35)39-22-30-18-31(23-39)20-32(19-30)24-39/h5-17,27,30-32,36H,4,18-26H2,1-3H3,(H,41,45)/t27-,30?,31?,32?,36+,39?/m0/s1. The number of amides is 2. The number of hydrogen-bond donors (Lipinski definition) is 1. The maximum Gasteiger partial charge on any atom is 0.244 e. The van der Waals surface area contributed by atoms with E-state index in [1.165, 1.54) is 53.3 Å². The maximum absolute atomic E-state index is 14.4. The van der Waals surface area contributed by atoms with E-state index in [4.69, 9.17) is 11.6 Å². The number of nitrogens with zero attached hydrogens (tertiary/aromatic N) is 2. The van der Waals surface area contributed by atoms with Crippen LogP contribution in [0.15, 0.2) is 78.9 Å². The molecule has 4 saturated carbocycles. The summed E-state index contributed by atoms with van der Waals surface area (Å²) in [4.78, 5) is 29.9. The number of sulfonamides is 1. The van der Waals surface area contributed by atoms with E-state index in [9.17, 15) is 18.0 Å². The summed E-state index contributed by atoms with van der Waals surface area (Å²) < 4.78 is 27.8. The van der Waals surface area contributed by atoms with Gasteiger partial charge in [0, 0.05) is 24.0 Å². The second-order valence-electron chi connectivity index (χ2n) is 14.7. The fourth-order valence-corrected chi connectivity index (χ4v) is 9.82. The van der Waals surface area contributed by atoms with E-state index in [0.717, 1.165) is 41.6 Å². The fraction of sp³-hybridized carbons (Fsp3) is 0.487. The van der Waals surface area contributed by atoms with Gasteiger partial charge in [-0.25, -0.2) is 8.42 Å². The zero-order chi connectivity index (χ0) is 34.1. The first-order valence-electron chi connectivity index (χ1n) is 17.4. The fourth-order valence-electron chi connectivity index (χ4n) is 8.84. The second-order valence-corrected chi connectivity index (χ2v) is 17.0. The molecule has 0 saturated heterocycles. The zero-order valence-corrected chi connectivity index (χ0v) is 29.8. The van der Waals surface area contributed by atoms with Crippen molar-refractivity contribution in [3.8, 4) is 0 Å². The first-order valence-corrected chi connectivity index (χ1v) is 19.6. The topological polar surface area (TPSA) is 86.8 Å². The lowest BCUT2D eigenvalue weighted by atomic mass is 9.48. The minimum absolute atomic E-state index is 0.0942. The summed E-state index contributed by atoms with van der Waals surface area (Å²) in [6.45, 7) is 3.61. The van der Waals surface area contributed by atoms with Crippen molar-refractivity contribution in [1.82, 2.24) is 10.2 Å². The molecular weight excluding hydrogens is 642 g/mol. The van der Waals surface area contributed by atoms with Crippen molar-refractivity contribution in [1.29, 1.82) is 0 Å². The predicted molar refractivity (Wildman–Crippen MR) is 192 cm³/mol. The number of nitrogens with one attached hydrogen (secondary N) is 1. The Labute approximate surface area is 291 Å². The Morgan fingerprint density at radius 2 is 1.46 bits per heavy atom. The molecule has 4 fully saturated rings. The van der Waals surface area contributed by atoms with Crippen LogP contribution in [0.3, 0.4) is 0 Å². The molecule has 0 aromatic heterocycles. The van der Waals surface area contributed by atoms with Gasteiger partial charge >= 0.3 is 0 Å². The van der Waals surface area contributed by atoms with Crippen LogP contribution >= 0.6 is 11.6 Å². The molecule has 0 heterocycles. The molecule has 4 bridgehead atoms. The van der Waals surface area contributed by atoms with Gasteiger partial charge in [-0.15, -0.1) is 0 Å². The molecule has 0 aliphatic heterocycles. The van der Waals surface area contributed by atoms with Crippen LogP contribution in [-0.2, 0) is 38.0 Å². The van der Waals surface area contributed by atoms with E-state index >= 15 is 0 Å². The summed E-state index contributed by atoms with van der Waals surface area (Å²) >= 11 is 6.17. The van der Waals surface area contributed by atoms with Crippen LogP contribution in [0.2, 0.25) is 5.02 Å². The van der Waals surface area contributed by atoms with Crippen LogP contribution in [0.4, 0.5) is 5.69 Å². The van der Waals surface area contributed by atoms with Crippen LogP contribution in [0.25, 0.3) is 0 Å². The van der Waals surface area contributed by atoms with E-state index < -0.39 is 28.5 Å². The number of carbonyl (C=O) groups is 2. The highest BCUT2D eigenvalue weighted by molar-refractivity contribution is 7.92. The molecule has 2 amide bonds. The van der Waals surface area contributed by atoms with Crippen LogP contribution in [0.1, 0.15) is 75.5 Å². The molecule has 4 aliphatic carbocycles. The minimum atomic E-state index is -3.84. The van der Waals surface area contributed by atoms with Gasteiger partial charge in [-0.3, -0.25) is 13.9 Å². The molecule has 3 aromatic rings. The monoisotopic (exact) mass is 689 g/mol. The lowest BCUT2D eigenvalue weighted by Gasteiger charge is -2.57. The molecule has 2 atom stereocenters. The van der Waals surface area contributed by atoms with E-state index in [0.29, 0.717) is 10.7 Å². The van der Waals surface area contributed by atoms with Crippen molar-refractivity contribution in [2.75, 3.05) is 17.1 Å². The Bertz CT molecular complexity index is 1660. The predicted octanol–water partition coefficient (Wildman–Crippen LogP) is 7.13. The summed E-state index contributed by atoms with van der Waals surface area (Å²) in [5, 5.41) is 3.63. The summed E-state index contributed by atoms with van der Waals surface area (Å²) in [6, 6.07) is 23.7. The lowest BCUT2D eigenvalue weighted by molar-refractivity contribution is -0.140. The van der Waals surface area contributed by atoms with Crippen molar-refractivity contribution >= 4 is 39.1 Å². The largest absolute Gasteiger partial charge is 0.352 e. The van der Waals surface area contributed by atoms with Crippen molar-refractivity contribution < 1.29 is 18.0 Å². The third-order valence-corrected chi connectivity index (χ3v) is 12.4. The quantitative estimate of drug-likeness (QED) is 0.207. The van der Waals surface area contributed by atoms with Gasteiger partial charge in [-0.2, -0.15) is 0 Å². The Hall–Kier alpha value is -3.36. The molecular formula is C39H48ClN3O4S. The molecule has 48 heavy (non-hydrogen) atoms. The smallest absolute Gasteiger partial charge is 0.244 e. The number of hydrogen-bond acceptors (Lipinski definition) is 4. The van der Waals surface area contributed by atoms with Crippen LogP contribution in [0.5, 0.6) is 0 Å². The van der Waals surface area contributed by atoms with Crippen molar-refractivity contribution in [3.05, 3.63) is 101 Å². The molecule has 0 radical (unpaired) electrons. The summed E-state index contributed by atoms with van der Waals surface area (Å²) in [7, 11) is -3.84. The van der Waals surface area contributed by atoms with E-state index in [1.807, 2.05) is 68.4 Å². The van der Waals surface area contributed by atoms with Gasteiger partial charge in [0.15, 0.2) is 0 Å². The van der Waals surface area contributed by atoms with E-state index in [-0.39, 0.29) is 30.3 Å². The minimum Gasteiger partial charge on any atom is -0.352 e. The molecule has 256 valence electrons. The highest BCUT2D eigenvalue weighted by atomic mass is 35.5. The Morgan fingerprint density at radius 3 is 2.00 bits per heavy atom. The average molecular weight is 690 g/mol. The average Bonchev–Trinajstić information content (AvgIpc) is 3.05. The first kappa shape index (κ1) is 34.5. The molecule has 9 heteroatoms. The summed E-state index contributed by atoms with van der Waals surface area (Å²) in [5.74, 6) is 1.67. The van der Waals surface area contributed by atoms with Gasteiger partial charge in [-0.1, -0.05) is 73.1 Å².